The number of likely N-dealkylation sites (N-methyl/N-ethyl adjacent to an activating group) is 1. The first-order valence-corrected chi connectivity index (χ1v) is 9.35. The predicted octanol–water partition coefficient (Wildman–Crippen LogP) is 4.77. The largest absolute Gasteiger partial charge is 0.339 e. The highest BCUT2D eigenvalue weighted by Crippen LogP contribution is 2.26. The Bertz CT molecular complexity index is 812. The second kappa shape index (κ2) is 7.23. The molecule has 0 saturated carbocycles. The van der Waals surface area contributed by atoms with E-state index in [-0.39, 0.29) is 24.2 Å². The number of carbonyl (C=O) groups is 1. The van der Waals surface area contributed by atoms with E-state index in [9.17, 15) is 9.18 Å². The second-order valence-corrected chi connectivity index (χ2v) is 7.20. The number of hydrogen-bond acceptors (Lipinski definition) is 4. The van der Waals surface area contributed by atoms with Gasteiger partial charge in [-0.05, 0) is 36.1 Å². The quantitative estimate of drug-likeness (QED) is 0.656. The number of benzene rings is 1. The van der Waals surface area contributed by atoms with Crippen molar-refractivity contribution in [2.24, 2.45) is 0 Å². The van der Waals surface area contributed by atoms with E-state index >= 15 is 0 Å². The highest BCUT2D eigenvalue weighted by atomic mass is 32.1. The van der Waals surface area contributed by atoms with Crippen LogP contribution in [0, 0.1) is 5.82 Å². The standard InChI is InChI=1S/C18H17FN2OS2/c1-12(13-3-5-15(19)6-4-13)21(2)17(22)9-16-11-24-18(20-16)14-7-8-23-10-14/h3-8,10-12H,9H2,1-2H3/t12-/m1/s1. The number of rotatable bonds is 5. The Kier molecular flexibility index (Phi) is 5.06. The van der Waals surface area contributed by atoms with E-state index in [0.717, 1.165) is 21.8 Å². The summed E-state index contributed by atoms with van der Waals surface area (Å²) in [7, 11) is 1.77. The van der Waals surface area contributed by atoms with Gasteiger partial charge in [0.05, 0.1) is 18.2 Å². The Hall–Kier alpha value is -2.05. The Balaban J connectivity index is 1.67. The van der Waals surface area contributed by atoms with Crippen LogP contribution in [-0.2, 0) is 11.2 Å². The zero-order chi connectivity index (χ0) is 17.1. The molecule has 0 radical (unpaired) electrons. The van der Waals surface area contributed by atoms with Crippen molar-refractivity contribution in [1.82, 2.24) is 9.88 Å². The van der Waals surface area contributed by atoms with Gasteiger partial charge in [0.1, 0.15) is 10.8 Å². The molecule has 0 N–H and O–H groups in total. The van der Waals surface area contributed by atoms with Crippen LogP contribution in [-0.4, -0.2) is 22.8 Å². The van der Waals surface area contributed by atoms with E-state index in [2.05, 4.69) is 4.98 Å². The first kappa shape index (κ1) is 16.8. The molecule has 3 aromatic rings. The minimum absolute atomic E-state index is 0.00556. The lowest BCUT2D eigenvalue weighted by atomic mass is 10.1. The third-order valence-corrected chi connectivity index (χ3v) is 5.60. The topological polar surface area (TPSA) is 33.2 Å². The van der Waals surface area contributed by atoms with Gasteiger partial charge in [-0.25, -0.2) is 9.37 Å². The van der Waals surface area contributed by atoms with Crippen LogP contribution >= 0.6 is 22.7 Å². The highest BCUT2D eigenvalue weighted by Gasteiger charge is 2.19. The molecular formula is C18H17FN2OS2. The van der Waals surface area contributed by atoms with Crippen LogP contribution < -0.4 is 0 Å². The lowest BCUT2D eigenvalue weighted by Crippen LogP contribution is -2.31. The van der Waals surface area contributed by atoms with Gasteiger partial charge in [0.25, 0.3) is 0 Å². The third kappa shape index (κ3) is 3.71. The summed E-state index contributed by atoms with van der Waals surface area (Å²) >= 11 is 3.18. The maximum absolute atomic E-state index is 13.0. The summed E-state index contributed by atoms with van der Waals surface area (Å²) in [6.45, 7) is 1.93. The molecule has 0 spiro atoms. The molecule has 3 rings (SSSR count). The van der Waals surface area contributed by atoms with E-state index in [0.29, 0.717) is 0 Å². The van der Waals surface area contributed by atoms with E-state index in [1.54, 1.807) is 46.8 Å². The van der Waals surface area contributed by atoms with Gasteiger partial charge in [-0.3, -0.25) is 4.79 Å². The fraction of sp³-hybridized carbons (Fsp3) is 0.222. The molecule has 1 atom stereocenters. The minimum atomic E-state index is -0.275. The molecule has 0 bridgehead atoms. The number of halogens is 1. The Morgan fingerprint density at radius 1 is 1.25 bits per heavy atom. The summed E-state index contributed by atoms with van der Waals surface area (Å²) in [4.78, 5) is 18.7. The van der Waals surface area contributed by atoms with E-state index < -0.39 is 0 Å². The number of carbonyl (C=O) groups excluding carboxylic acids is 1. The minimum Gasteiger partial charge on any atom is -0.339 e. The van der Waals surface area contributed by atoms with Crippen LogP contribution in [0.4, 0.5) is 4.39 Å². The van der Waals surface area contributed by atoms with Crippen molar-refractivity contribution in [1.29, 1.82) is 0 Å². The number of nitrogens with zero attached hydrogens (tertiary/aromatic N) is 2. The predicted molar refractivity (Wildman–Crippen MR) is 96.7 cm³/mol. The molecule has 2 aromatic heterocycles. The molecule has 6 heteroatoms. The van der Waals surface area contributed by atoms with Gasteiger partial charge < -0.3 is 4.90 Å². The van der Waals surface area contributed by atoms with Gasteiger partial charge in [-0.15, -0.1) is 11.3 Å². The van der Waals surface area contributed by atoms with Crippen molar-refractivity contribution in [2.75, 3.05) is 7.05 Å². The number of amides is 1. The average Bonchev–Trinajstić information content (AvgIpc) is 3.25. The SMILES string of the molecule is C[C@H](c1ccc(F)cc1)N(C)C(=O)Cc1csc(-c2ccsc2)n1. The lowest BCUT2D eigenvalue weighted by molar-refractivity contribution is -0.131. The molecule has 0 aliphatic carbocycles. The molecule has 0 unspecified atom stereocenters. The van der Waals surface area contributed by atoms with Crippen molar-refractivity contribution in [3.63, 3.8) is 0 Å². The van der Waals surface area contributed by atoms with Gasteiger partial charge in [0.15, 0.2) is 0 Å². The molecule has 124 valence electrons. The van der Waals surface area contributed by atoms with E-state index in [1.807, 2.05) is 29.1 Å². The summed E-state index contributed by atoms with van der Waals surface area (Å²) < 4.78 is 13.0. The molecule has 0 fully saturated rings. The van der Waals surface area contributed by atoms with Crippen LogP contribution in [0.1, 0.15) is 24.2 Å². The number of thiazole rings is 1. The first-order chi connectivity index (χ1) is 11.5. The molecule has 3 nitrogen and oxygen atoms in total. The first-order valence-electron chi connectivity index (χ1n) is 7.52. The van der Waals surface area contributed by atoms with Gasteiger partial charge in [0, 0.05) is 23.4 Å². The normalized spacial score (nSPS) is 12.1. The molecule has 1 aromatic carbocycles. The smallest absolute Gasteiger partial charge is 0.228 e. The molecule has 0 saturated heterocycles. The maximum atomic E-state index is 13.0. The maximum Gasteiger partial charge on any atom is 0.228 e. The van der Waals surface area contributed by atoms with Crippen molar-refractivity contribution >= 4 is 28.6 Å². The van der Waals surface area contributed by atoms with Gasteiger partial charge in [-0.1, -0.05) is 12.1 Å². The average molecular weight is 360 g/mol. The summed E-state index contributed by atoms with van der Waals surface area (Å²) in [5, 5.41) is 6.93. The van der Waals surface area contributed by atoms with Crippen LogP contribution in [0.5, 0.6) is 0 Å². The van der Waals surface area contributed by atoms with Gasteiger partial charge in [0.2, 0.25) is 5.91 Å². The Morgan fingerprint density at radius 3 is 2.67 bits per heavy atom. The summed E-state index contributed by atoms with van der Waals surface area (Å²) in [6, 6.07) is 8.16. The van der Waals surface area contributed by atoms with Gasteiger partial charge in [-0.2, -0.15) is 11.3 Å². The lowest BCUT2D eigenvalue weighted by Gasteiger charge is -2.25. The fourth-order valence-electron chi connectivity index (χ4n) is 2.37. The van der Waals surface area contributed by atoms with Crippen LogP contribution in [0.2, 0.25) is 0 Å². The molecule has 2 heterocycles. The van der Waals surface area contributed by atoms with Crippen molar-refractivity contribution in [3.8, 4) is 10.6 Å². The highest BCUT2D eigenvalue weighted by molar-refractivity contribution is 7.14. The molecule has 24 heavy (non-hydrogen) atoms. The fourth-order valence-corrected chi connectivity index (χ4v) is 3.90. The van der Waals surface area contributed by atoms with Crippen molar-refractivity contribution < 1.29 is 9.18 Å². The Morgan fingerprint density at radius 2 is 2.00 bits per heavy atom. The number of hydrogen-bond donors (Lipinski definition) is 0. The summed E-state index contributed by atoms with van der Waals surface area (Å²) in [6.07, 6.45) is 0.267. The zero-order valence-electron chi connectivity index (χ0n) is 13.4. The van der Waals surface area contributed by atoms with Crippen LogP contribution in [0.25, 0.3) is 10.6 Å². The van der Waals surface area contributed by atoms with Crippen molar-refractivity contribution in [3.05, 3.63) is 63.5 Å². The summed E-state index contributed by atoms with van der Waals surface area (Å²) in [5.41, 5.74) is 2.78. The Labute approximate surface area is 148 Å². The van der Waals surface area contributed by atoms with Crippen molar-refractivity contribution in [2.45, 2.75) is 19.4 Å². The van der Waals surface area contributed by atoms with Crippen LogP contribution in [0.15, 0.2) is 46.5 Å². The zero-order valence-corrected chi connectivity index (χ0v) is 15.0. The third-order valence-electron chi connectivity index (χ3n) is 3.98. The van der Waals surface area contributed by atoms with Crippen LogP contribution in [0.3, 0.4) is 0 Å². The monoisotopic (exact) mass is 360 g/mol. The van der Waals surface area contributed by atoms with E-state index in [4.69, 9.17) is 0 Å². The number of aromatic nitrogens is 1. The summed E-state index contributed by atoms with van der Waals surface area (Å²) in [5.74, 6) is -0.280. The number of thiophene rings is 1. The van der Waals surface area contributed by atoms with E-state index in [1.165, 1.54) is 12.1 Å². The molecule has 1 amide bonds. The molecule has 0 aliphatic rings. The molecule has 0 aliphatic heterocycles. The second-order valence-electron chi connectivity index (χ2n) is 5.56. The van der Waals surface area contributed by atoms with Gasteiger partial charge >= 0.3 is 0 Å². The molecular weight excluding hydrogens is 343 g/mol.